The molecule has 0 spiro atoms. The second-order valence-electron chi connectivity index (χ2n) is 4.79. The lowest BCUT2D eigenvalue weighted by atomic mass is 9.94. The molecule has 1 aliphatic heterocycles. The molecular weight excluding hydrogens is 306 g/mol. The molecule has 1 aliphatic rings. The number of rotatable bonds is 3. The molecule has 2 heterocycles. The number of pyridine rings is 1. The van der Waals surface area contributed by atoms with E-state index >= 15 is 0 Å². The number of benzene rings is 1. The molecule has 22 heavy (non-hydrogen) atoms. The summed E-state index contributed by atoms with van der Waals surface area (Å²) in [5, 5.41) is 10.2. The largest absolute Gasteiger partial charge is 0.508 e. The Morgan fingerprint density at radius 3 is 2.59 bits per heavy atom. The minimum Gasteiger partial charge on any atom is -0.508 e. The van der Waals surface area contributed by atoms with Crippen LogP contribution >= 0.6 is 11.6 Å². The molecule has 1 aromatic heterocycles. The van der Waals surface area contributed by atoms with Gasteiger partial charge in [-0.05, 0) is 18.2 Å². The van der Waals surface area contributed by atoms with Gasteiger partial charge >= 0.3 is 0 Å². The monoisotopic (exact) mass is 317 g/mol. The number of hydrazine groups is 1. The smallest absolute Gasteiger partial charge is 0.270 e. The number of phenolic OH excluding ortho intramolecular Hbond substituents is 1. The van der Waals surface area contributed by atoms with Gasteiger partial charge in [0.25, 0.3) is 11.8 Å². The van der Waals surface area contributed by atoms with Crippen LogP contribution in [0.2, 0.25) is 0 Å². The van der Waals surface area contributed by atoms with E-state index in [1.807, 2.05) is 0 Å². The van der Waals surface area contributed by atoms with Gasteiger partial charge in [-0.25, -0.2) is 5.01 Å². The van der Waals surface area contributed by atoms with Crippen LogP contribution < -0.4 is 5.43 Å². The average Bonchev–Trinajstić information content (AvgIpc) is 2.56. The summed E-state index contributed by atoms with van der Waals surface area (Å²) in [4.78, 5) is 27.9. The standard InChI is InChI=1S/C15H12ClN3O3/c16-12-13(10-3-1-2-4-11(10)20)19(15(12)22)18-14(21)9-5-7-17-8-6-9/h1-8,12-13,20H,(H,18,21). The van der Waals surface area contributed by atoms with Crippen LogP contribution in [0.1, 0.15) is 22.0 Å². The van der Waals surface area contributed by atoms with Crippen LogP contribution in [-0.4, -0.2) is 32.3 Å². The van der Waals surface area contributed by atoms with E-state index in [0.717, 1.165) is 5.01 Å². The highest BCUT2D eigenvalue weighted by Crippen LogP contribution is 2.40. The highest BCUT2D eigenvalue weighted by Gasteiger charge is 2.49. The first kappa shape index (κ1) is 14.3. The number of nitrogens with zero attached hydrogens (tertiary/aromatic N) is 2. The molecule has 6 nitrogen and oxygen atoms in total. The summed E-state index contributed by atoms with van der Waals surface area (Å²) in [6.45, 7) is 0. The molecule has 0 saturated carbocycles. The van der Waals surface area contributed by atoms with Gasteiger partial charge in [-0.1, -0.05) is 18.2 Å². The van der Waals surface area contributed by atoms with Crippen LogP contribution in [0.25, 0.3) is 0 Å². The van der Waals surface area contributed by atoms with Crippen LogP contribution in [0.3, 0.4) is 0 Å². The first-order chi connectivity index (χ1) is 10.6. The molecule has 3 rings (SSSR count). The van der Waals surface area contributed by atoms with E-state index in [2.05, 4.69) is 10.4 Å². The highest BCUT2D eigenvalue weighted by molar-refractivity contribution is 6.33. The SMILES string of the molecule is O=C(NN1C(=O)C(Cl)C1c1ccccc1O)c1ccncc1. The second-order valence-corrected chi connectivity index (χ2v) is 5.26. The summed E-state index contributed by atoms with van der Waals surface area (Å²) in [5.41, 5.74) is 3.37. The number of alkyl halides is 1. The third kappa shape index (κ3) is 2.37. The van der Waals surface area contributed by atoms with Crippen molar-refractivity contribution in [1.82, 2.24) is 15.4 Å². The quantitative estimate of drug-likeness (QED) is 0.666. The van der Waals surface area contributed by atoms with E-state index in [9.17, 15) is 14.7 Å². The van der Waals surface area contributed by atoms with Gasteiger partial charge in [-0.2, -0.15) is 0 Å². The number of nitrogens with one attached hydrogen (secondary N) is 1. The van der Waals surface area contributed by atoms with Crippen molar-refractivity contribution in [2.45, 2.75) is 11.4 Å². The van der Waals surface area contributed by atoms with Crippen molar-refractivity contribution >= 4 is 23.4 Å². The minimum absolute atomic E-state index is 0.0220. The summed E-state index contributed by atoms with van der Waals surface area (Å²) < 4.78 is 0. The number of hydrogen-bond donors (Lipinski definition) is 2. The molecule has 0 radical (unpaired) electrons. The topological polar surface area (TPSA) is 82.5 Å². The van der Waals surface area contributed by atoms with E-state index in [1.54, 1.807) is 18.2 Å². The first-order valence-electron chi connectivity index (χ1n) is 6.55. The maximum Gasteiger partial charge on any atom is 0.270 e. The Morgan fingerprint density at radius 1 is 1.23 bits per heavy atom. The summed E-state index contributed by atoms with van der Waals surface area (Å²) in [5.74, 6) is -0.842. The first-order valence-corrected chi connectivity index (χ1v) is 6.99. The van der Waals surface area contributed by atoms with Gasteiger partial charge in [-0.15, -0.1) is 11.6 Å². The number of amides is 2. The molecule has 0 aliphatic carbocycles. The van der Waals surface area contributed by atoms with Crippen molar-refractivity contribution in [2.24, 2.45) is 0 Å². The van der Waals surface area contributed by atoms with Gasteiger partial charge in [0.2, 0.25) is 0 Å². The fourth-order valence-corrected chi connectivity index (χ4v) is 2.64. The number of carbonyl (C=O) groups is 2. The Labute approximate surface area is 131 Å². The van der Waals surface area contributed by atoms with E-state index in [4.69, 9.17) is 11.6 Å². The van der Waals surface area contributed by atoms with Gasteiger partial charge in [0.15, 0.2) is 0 Å². The molecule has 2 amide bonds. The van der Waals surface area contributed by atoms with Crippen molar-refractivity contribution < 1.29 is 14.7 Å². The van der Waals surface area contributed by atoms with E-state index in [1.165, 1.54) is 30.6 Å². The van der Waals surface area contributed by atoms with Gasteiger partial charge in [0, 0.05) is 23.5 Å². The number of para-hydroxylation sites is 1. The highest BCUT2D eigenvalue weighted by atomic mass is 35.5. The number of aromatic hydroxyl groups is 1. The number of hydrogen-bond acceptors (Lipinski definition) is 4. The third-order valence-electron chi connectivity index (χ3n) is 3.45. The third-order valence-corrected chi connectivity index (χ3v) is 3.87. The van der Waals surface area contributed by atoms with Crippen molar-refractivity contribution in [3.8, 4) is 5.75 Å². The van der Waals surface area contributed by atoms with Crippen molar-refractivity contribution in [2.75, 3.05) is 0 Å². The zero-order valence-electron chi connectivity index (χ0n) is 11.3. The summed E-state index contributed by atoms with van der Waals surface area (Å²) >= 11 is 6.03. The predicted octanol–water partition coefficient (Wildman–Crippen LogP) is 1.62. The average molecular weight is 318 g/mol. The lowest BCUT2D eigenvalue weighted by molar-refractivity contribution is -0.149. The van der Waals surface area contributed by atoms with E-state index in [0.29, 0.717) is 11.1 Å². The van der Waals surface area contributed by atoms with Crippen molar-refractivity contribution in [3.63, 3.8) is 0 Å². The second kappa shape index (κ2) is 5.65. The predicted molar refractivity (Wildman–Crippen MR) is 79.0 cm³/mol. The number of halogens is 1. The van der Waals surface area contributed by atoms with Gasteiger partial charge in [0.05, 0.1) is 0 Å². The Bertz CT molecular complexity index is 723. The normalized spacial score (nSPS) is 20.4. The van der Waals surface area contributed by atoms with Gasteiger partial charge in [0.1, 0.15) is 17.2 Å². The molecular formula is C15H12ClN3O3. The maximum atomic E-state index is 12.1. The fourth-order valence-electron chi connectivity index (χ4n) is 2.29. The van der Waals surface area contributed by atoms with Crippen LogP contribution in [0, 0.1) is 0 Å². The molecule has 2 aromatic rings. The van der Waals surface area contributed by atoms with Gasteiger partial charge < -0.3 is 5.11 Å². The molecule has 2 N–H and O–H groups in total. The molecule has 0 bridgehead atoms. The van der Waals surface area contributed by atoms with E-state index < -0.39 is 23.2 Å². The van der Waals surface area contributed by atoms with Crippen LogP contribution in [0.4, 0.5) is 0 Å². The molecule has 7 heteroatoms. The maximum absolute atomic E-state index is 12.1. The summed E-state index contributed by atoms with van der Waals surface area (Å²) in [6, 6.07) is 9.02. The zero-order valence-corrected chi connectivity index (χ0v) is 12.1. The molecule has 2 atom stereocenters. The number of β-lactam (4-membered cyclic amide) rings is 1. The van der Waals surface area contributed by atoms with Crippen molar-refractivity contribution in [3.05, 3.63) is 59.9 Å². The Hall–Kier alpha value is -2.60. The lowest BCUT2D eigenvalue weighted by Gasteiger charge is -2.44. The summed E-state index contributed by atoms with van der Waals surface area (Å²) in [6.07, 6.45) is 2.97. The van der Waals surface area contributed by atoms with Crippen LogP contribution in [0.15, 0.2) is 48.8 Å². The molecule has 112 valence electrons. The zero-order chi connectivity index (χ0) is 15.7. The molecule has 1 saturated heterocycles. The number of aromatic nitrogens is 1. The summed E-state index contributed by atoms with van der Waals surface area (Å²) in [7, 11) is 0. The van der Waals surface area contributed by atoms with Gasteiger partial charge in [-0.3, -0.25) is 20.0 Å². The molecule has 2 unspecified atom stereocenters. The Balaban J connectivity index is 1.82. The minimum atomic E-state index is -0.828. The Kier molecular flexibility index (Phi) is 3.68. The molecule has 1 aromatic carbocycles. The van der Waals surface area contributed by atoms with Crippen LogP contribution in [-0.2, 0) is 4.79 Å². The molecule has 1 fully saturated rings. The Morgan fingerprint density at radius 2 is 1.91 bits per heavy atom. The lowest BCUT2D eigenvalue weighted by Crippen LogP contribution is -2.63. The van der Waals surface area contributed by atoms with Crippen LogP contribution in [0.5, 0.6) is 5.75 Å². The van der Waals surface area contributed by atoms with Crippen molar-refractivity contribution in [1.29, 1.82) is 0 Å². The number of phenols is 1. The van der Waals surface area contributed by atoms with E-state index in [-0.39, 0.29) is 5.75 Å². The fraction of sp³-hybridized carbons (Fsp3) is 0.133. The number of carbonyl (C=O) groups excluding carboxylic acids is 2.